The molecule has 0 saturated heterocycles. The summed E-state index contributed by atoms with van der Waals surface area (Å²) in [6.45, 7) is 7.40. The van der Waals surface area contributed by atoms with Crippen molar-refractivity contribution < 1.29 is 4.42 Å². The third-order valence-electron chi connectivity index (χ3n) is 2.74. The standard InChI is InChI=1S/C13H17NOS/c1-9-6-13(11(3)16-9)10(2)14-7-12-4-5-15-8-12/h4-6,8,10,14H,7H2,1-3H3. The van der Waals surface area contributed by atoms with E-state index in [-0.39, 0.29) is 0 Å². The Morgan fingerprint density at radius 3 is 2.81 bits per heavy atom. The van der Waals surface area contributed by atoms with Crippen LogP contribution in [-0.2, 0) is 6.54 Å². The molecular formula is C13H17NOS. The smallest absolute Gasteiger partial charge is 0.0947 e. The molecule has 16 heavy (non-hydrogen) atoms. The lowest BCUT2D eigenvalue weighted by Crippen LogP contribution is -2.17. The van der Waals surface area contributed by atoms with Crippen LogP contribution in [0.1, 0.15) is 33.8 Å². The Kier molecular flexibility index (Phi) is 3.46. The van der Waals surface area contributed by atoms with Gasteiger partial charge in [0.1, 0.15) is 0 Å². The predicted octanol–water partition coefficient (Wildman–Crippen LogP) is 3.81. The molecule has 2 aromatic heterocycles. The van der Waals surface area contributed by atoms with Gasteiger partial charge in [0, 0.05) is 27.9 Å². The number of nitrogens with one attached hydrogen (secondary N) is 1. The molecule has 2 rings (SSSR count). The number of hydrogen-bond donors (Lipinski definition) is 1. The van der Waals surface area contributed by atoms with Crippen molar-refractivity contribution in [1.82, 2.24) is 5.32 Å². The van der Waals surface area contributed by atoms with E-state index >= 15 is 0 Å². The SMILES string of the molecule is Cc1cc(C(C)NCc2ccoc2)c(C)s1. The van der Waals surface area contributed by atoms with Crippen molar-refractivity contribution in [2.45, 2.75) is 33.4 Å². The average Bonchev–Trinajstić information content (AvgIpc) is 2.84. The molecule has 3 heteroatoms. The maximum atomic E-state index is 5.04. The summed E-state index contributed by atoms with van der Waals surface area (Å²) in [5, 5.41) is 3.50. The van der Waals surface area contributed by atoms with E-state index in [4.69, 9.17) is 4.42 Å². The van der Waals surface area contributed by atoms with Crippen molar-refractivity contribution in [3.8, 4) is 0 Å². The Labute approximate surface area is 100 Å². The molecule has 0 aliphatic heterocycles. The van der Waals surface area contributed by atoms with E-state index in [0.29, 0.717) is 6.04 Å². The second-order valence-corrected chi connectivity index (χ2v) is 5.56. The lowest BCUT2D eigenvalue weighted by atomic mass is 10.1. The largest absolute Gasteiger partial charge is 0.472 e. The van der Waals surface area contributed by atoms with Gasteiger partial charge in [0.25, 0.3) is 0 Å². The number of thiophene rings is 1. The van der Waals surface area contributed by atoms with Gasteiger partial charge in [-0.2, -0.15) is 0 Å². The molecular weight excluding hydrogens is 218 g/mol. The van der Waals surface area contributed by atoms with Crippen molar-refractivity contribution in [2.24, 2.45) is 0 Å². The van der Waals surface area contributed by atoms with E-state index in [1.807, 2.05) is 17.4 Å². The Morgan fingerprint density at radius 2 is 2.25 bits per heavy atom. The molecule has 1 atom stereocenters. The Morgan fingerprint density at radius 1 is 1.44 bits per heavy atom. The minimum absolute atomic E-state index is 0.389. The van der Waals surface area contributed by atoms with Crippen LogP contribution in [-0.4, -0.2) is 0 Å². The maximum absolute atomic E-state index is 5.04. The molecule has 0 fully saturated rings. The van der Waals surface area contributed by atoms with E-state index < -0.39 is 0 Å². The van der Waals surface area contributed by atoms with Crippen LogP contribution in [0.5, 0.6) is 0 Å². The fourth-order valence-corrected chi connectivity index (χ4v) is 2.88. The van der Waals surface area contributed by atoms with Gasteiger partial charge < -0.3 is 9.73 Å². The van der Waals surface area contributed by atoms with Crippen LogP contribution >= 0.6 is 11.3 Å². The topological polar surface area (TPSA) is 25.2 Å². The highest BCUT2D eigenvalue weighted by Crippen LogP contribution is 2.26. The minimum Gasteiger partial charge on any atom is -0.472 e. The van der Waals surface area contributed by atoms with Gasteiger partial charge in [-0.05, 0) is 38.5 Å². The normalized spacial score (nSPS) is 12.9. The Balaban J connectivity index is 1.98. The molecule has 2 nitrogen and oxygen atoms in total. The van der Waals surface area contributed by atoms with E-state index in [0.717, 1.165) is 6.54 Å². The molecule has 1 unspecified atom stereocenters. The van der Waals surface area contributed by atoms with Crippen LogP contribution in [0.3, 0.4) is 0 Å². The summed E-state index contributed by atoms with van der Waals surface area (Å²) in [5.41, 5.74) is 2.60. The predicted molar refractivity (Wildman–Crippen MR) is 67.8 cm³/mol. The maximum Gasteiger partial charge on any atom is 0.0947 e. The molecule has 1 N–H and O–H groups in total. The number of hydrogen-bond acceptors (Lipinski definition) is 3. The minimum atomic E-state index is 0.389. The molecule has 0 aromatic carbocycles. The summed E-state index contributed by atoms with van der Waals surface area (Å²) < 4.78 is 5.04. The van der Waals surface area contributed by atoms with Crippen LogP contribution in [0.25, 0.3) is 0 Å². The highest BCUT2D eigenvalue weighted by molar-refractivity contribution is 7.12. The van der Waals surface area contributed by atoms with E-state index in [9.17, 15) is 0 Å². The molecule has 0 spiro atoms. The zero-order valence-electron chi connectivity index (χ0n) is 9.91. The first-order valence-corrected chi connectivity index (χ1v) is 6.30. The molecule has 0 aliphatic carbocycles. The summed E-state index contributed by atoms with van der Waals surface area (Å²) >= 11 is 1.86. The summed E-state index contributed by atoms with van der Waals surface area (Å²) in [6, 6.07) is 4.65. The van der Waals surface area contributed by atoms with E-state index in [1.165, 1.54) is 20.9 Å². The molecule has 0 radical (unpaired) electrons. The molecule has 0 aliphatic rings. The number of rotatable bonds is 4. The lowest BCUT2D eigenvalue weighted by molar-refractivity contribution is 0.546. The van der Waals surface area contributed by atoms with Crippen molar-refractivity contribution in [3.63, 3.8) is 0 Å². The lowest BCUT2D eigenvalue weighted by Gasteiger charge is -2.12. The van der Waals surface area contributed by atoms with Gasteiger partial charge in [0.2, 0.25) is 0 Å². The van der Waals surface area contributed by atoms with Gasteiger partial charge >= 0.3 is 0 Å². The second-order valence-electron chi connectivity index (χ2n) is 4.10. The van der Waals surface area contributed by atoms with Gasteiger partial charge in [0.05, 0.1) is 12.5 Å². The Bertz CT molecular complexity index is 444. The van der Waals surface area contributed by atoms with Gasteiger partial charge in [-0.3, -0.25) is 0 Å². The average molecular weight is 235 g/mol. The fraction of sp³-hybridized carbons (Fsp3) is 0.385. The number of furan rings is 1. The van der Waals surface area contributed by atoms with Crippen molar-refractivity contribution >= 4 is 11.3 Å². The van der Waals surface area contributed by atoms with Crippen LogP contribution in [0, 0.1) is 13.8 Å². The van der Waals surface area contributed by atoms with Crippen LogP contribution in [0.4, 0.5) is 0 Å². The molecule has 2 aromatic rings. The summed E-state index contributed by atoms with van der Waals surface area (Å²) in [4.78, 5) is 2.79. The first-order valence-electron chi connectivity index (χ1n) is 5.48. The summed E-state index contributed by atoms with van der Waals surface area (Å²) in [6.07, 6.45) is 3.49. The highest BCUT2D eigenvalue weighted by atomic mass is 32.1. The summed E-state index contributed by atoms with van der Waals surface area (Å²) in [5.74, 6) is 0. The first kappa shape index (κ1) is 11.4. The number of aryl methyl sites for hydroxylation is 2. The van der Waals surface area contributed by atoms with Crippen LogP contribution in [0.2, 0.25) is 0 Å². The monoisotopic (exact) mass is 235 g/mol. The van der Waals surface area contributed by atoms with Crippen LogP contribution < -0.4 is 5.32 Å². The fourth-order valence-electron chi connectivity index (χ4n) is 1.85. The van der Waals surface area contributed by atoms with Crippen molar-refractivity contribution in [2.75, 3.05) is 0 Å². The second kappa shape index (κ2) is 4.85. The molecule has 86 valence electrons. The van der Waals surface area contributed by atoms with Gasteiger partial charge in [0.15, 0.2) is 0 Å². The molecule has 0 amide bonds. The zero-order valence-corrected chi connectivity index (χ0v) is 10.7. The third kappa shape index (κ3) is 2.54. The first-order chi connectivity index (χ1) is 7.66. The Hall–Kier alpha value is -1.06. The van der Waals surface area contributed by atoms with E-state index in [2.05, 4.69) is 32.2 Å². The van der Waals surface area contributed by atoms with Gasteiger partial charge in [-0.25, -0.2) is 0 Å². The van der Waals surface area contributed by atoms with Gasteiger partial charge in [-0.15, -0.1) is 11.3 Å². The van der Waals surface area contributed by atoms with Crippen molar-refractivity contribution in [1.29, 1.82) is 0 Å². The van der Waals surface area contributed by atoms with Crippen molar-refractivity contribution in [3.05, 3.63) is 45.5 Å². The highest BCUT2D eigenvalue weighted by Gasteiger charge is 2.10. The molecule has 0 bridgehead atoms. The van der Waals surface area contributed by atoms with E-state index in [1.54, 1.807) is 12.5 Å². The van der Waals surface area contributed by atoms with Gasteiger partial charge in [-0.1, -0.05) is 0 Å². The molecule has 0 saturated carbocycles. The van der Waals surface area contributed by atoms with Crippen LogP contribution in [0.15, 0.2) is 29.1 Å². The summed E-state index contributed by atoms with van der Waals surface area (Å²) in [7, 11) is 0. The quantitative estimate of drug-likeness (QED) is 0.871. The molecule has 2 heterocycles. The zero-order chi connectivity index (χ0) is 11.5. The third-order valence-corrected chi connectivity index (χ3v) is 3.72.